The molecular formula is C28H31F2N3O4S. The Hall–Kier alpha value is -3.79. The number of amides is 2. The van der Waals surface area contributed by atoms with Crippen molar-refractivity contribution in [2.24, 2.45) is 0 Å². The summed E-state index contributed by atoms with van der Waals surface area (Å²) in [6.45, 7) is 2.92. The van der Waals surface area contributed by atoms with E-state index in [2.05, 4.69) is 5.32 Å². The van der Waals surface area contributed by atoms with E-state index in [0.29, 0.717) is 4.31 Å². The highest BCUT2D eigenvalue weighted by molar-refractivity contribution is 7.92. The monoisotopic (exact) mass is 543 g/mol. The Labute approximate surface area is 222 Å². The highest BCUT2D eigenvalue weighted by Crippen LogP contribution is 2.22. The predicted molar refractivity (Wildman–Crippen MR) is 143 cm³/mol. The van der Waals surface area contributed by atoms with Gasteiger partial charge < -0.3 is 10.2 Å². The van der Waals surface area contributed by atoms with Crippen molar-refractivity contribution < 1.29 is 26.8 Å². The largest absolute Gasteiger partial charge is 0.352 e. The molecule has 3 aromatic carbocycles. The molecule has 7 nitrogen and oxygen atoms in total. The molecule has 202 valence electrons. The number of nitrogens with zero attached hydrogens (tertiary/aromatic N) is 2. The van der Waals surface area contributed by atoms with Gasteiger partial charge >= 0.3 is 0 Å². The van der Waals surface area contributed by atoms with Gasteiger partial charge in [0.05, 0.1) is 11.9 Å². The quantitative estimate of drug-likeness (QED) is 0.398. The molecule has 0 saturated carbocycles. The summed E-state index contributed by atoms with van der Waals surface area (Å²) in [5.74, 6) is -3.47. The topological polar surface area (TPSA) is 86.8 Å². The van der Waals surface area contributed by atoms with Gasteiger partial charge in [0.25, 0.3) is 0 Å². The molecule has 0 aromatic heterocycles. The van der Waals surface area contributed by atoms with E-state index in [4.69, 9.17) is 0 Å². The standard InChI is InChI=1S/C28H31F2N3O4S/c1-20(2)31-28(35)26(16-21-10-6-4-7-11-21)32(18-22-12-8-5-9-13-22)27(34)19-33(38(3,36)37)23-14-15-24(29)25(30)17-23/h4-15,17,20,26H,16,18-19H2,1-3H3,(H,31,35)/t26-/m1/s1. The second-order valence-electron chi connectivity index (χ2n) is 9.24. The number of halogens is 2. The highest BCUT2D eigenvalue weighted by Gasteiger charge is 2.33. The van der Waals surface area contributed by atoms with Crippen molar-refractivity contribution in [3.05, 3.63) is 102 Å². The van der Waals surface area contributed by atoms with E-state index in [1.54, 1.807) is 38.1 Å². The van der Waals surface area contributed by atoms with E-state index in [1.165, 1.54) is 4.90 Å². The Bertz CT molecular complexity index is 1350. The number of hydrogen-bond donors (Lipinski definition) is 1. The average Bonchev–Trinajstić information content (AvgIpc) is 2.86. The van der Waals surface area contributed by atoms with Crippen LogP contribution in [0.5, 0.6) is 0 Å². The van der Waals surface area contributed by atoms with Crippen molar-refractivity contribution in [3.63, 3.8) is 0 Å². The predicted octanol–water partition coefficient (Wildman–Crippen LogP) is 3.90. The third kappa shape index (κ3) is 7.85. The van der Waals surface area contributed by atoms with E-state index < -0.39 is 46.1 Å². The van der Waals surface area contributed by atoms with Crippen LogP contribution in [-0.2, 0) is 32.6 Å². The molecule has 0 spiro atoms. The van der Waals surface area contributed by atoms with Gasteiger partial charge in [0.1, 0.15) is 12.6 Å². The molecule has 10 heteroatoms. The molecule has 3 aromatic rings. The van der Waals surface area contributed by atoms with Crippen molar-refractivity contribution in [2.45, 2.75) is 38.9 Å². The molecule has 1 N–H and O–H groups in total. The molecule has 0 aliphatic heterocycles. The Morgan fingerprint density at radius 2 is 1.45 bits per heavy atom. The van der Waals surface area contributed by atoms with E-state index >= 15 is 0 Å². The Balaban J connectivity index is 2.04. The van der Waals surface area contributed by atoms with Gasteiger partial charge in [-0.1, -0.05) is 60.7 Å². The van der Waals surface area contributed by atoms with Gasteiger partial charge in [-0.05, 0) is 37.1 Å². The molecule has 3 rings (SSSR count). The molecule has 0 bridgehead atoms. The number of nitrogens with one attached hydrogen (secondary N) is 1. The Kier molecular flexibility index (Phi) is 9.57. The summed E-state index contributed by atoms with van der Waals surface area (Å²) in [5.41, 5.74) is 1.34. The first-order valence-corrected chi connectivity index (χ1v) is 13.9. The molecule has 0 unspecified atom stereocenters. The lowest BCUT2D eigenvalue weighted by Crippen LogP contribution is -2.54. The van der Waals surface area contributed by atoms with Crippen molar-refractivity contribution in [3.8, 4) is 0 Å². The van der Waals surface area contributed by atoms with Crippen molar-refractivity contribution in [1.29, 1.82) is 0 Å². The maximum Gasteiger partial charge on any atom is 0.244 e. The molecule has 0 aliphatic rings. The molecule has 0 radical (unpaired) electrons. The fourth-order valence-corrected chi connectivity index (χ4v) is 4.81. The fraction of sp³-hybridized carbons (Fsp3) is 0.286. The van der Waals surface area contributed by atoms with Crippen LogP contribution in [0.2, 0.25) is 0 Å². The summed E-state index contributed by atoms with van der Waals surface area (Å²) in [5, 5.41) is 2.86. The zero-order valence-corrected chi connectivity index (χ0v) is 22.3. The molecule has 38 heavy (non-hydrogen) atoms. The van der Waals surface area contributed by atoms with Crippen LogP contribution in [0.25, 0.3) is 0 Å². The zero-order valence-electron chi connectivity index (χ0n) is 21.5. The van der Waals surface area contributed by atoms with Gasteiger partial charge in [-0.15, -0.1) is 0 Å². The van der Waals surface area contributed by atoms with E-state index in [-0.39, 0.29) is 24.7 Å². The summed E-state index contributed by atoms with van der Waals surface area (Å²) >= 11 is 0. The lowest BCUT2D eigenvalue weighted by Gasteiger charge is -2.34. The van der Waals surface area contributed by atoms with E-state index in [1.807, 2.05) is 36.4 Å². The summed E-state index contributed by atoms with van der Waals surface area (Å²) in [4.78, 5) is 28.6. The summed E-state index contributed by atoms with van der Waals surface area (Å²) in [7, 11) is -4.08. The maximum atomic E-state index is 14.0. The van der Waals surface area contributed by atoms with Gasteiger partial charge in [0, 0.05) is 25.1 Å². The minimum Gasteiger partial charge on any atom is -0.352 e. The van der Waals surface area contributed by atoms with E-state index in [0.717, 1.165) is 35.6 Å². The smallest absolute Gasteiger partial charge is 0.244 e. The normalized spacial score (nSPS) is 12.2. The number of anilines is 1. The van der Waals surface area contributed by atoms with Gasteiger partial charge in [-0.25, -0.2) is 17.2 Å². The number of benzene rings is 3. The highest BCUT2D eigenvalue weighted by atomic mass is 32.2. The van der Waals surface area contributed by atoms with Crippen LogP contribution in [0.1, 0.15) is 25.0 Å². The second-order valence-corrected chi connectivity index (χ2v) is 11.2. The molecule has 0 saturated heterocycles. The van der Waals surface area contributed by atoms with Crippen molar-refractivity contribution >= 4 is 27.5 Å². The van der Waals surface area contributed by atoms with Crippen molar-refractivity contribution in [2.75, 3.05) is 17.1 Å². The number of sulfonamides is 1. The maximum absolute atomic E-state index is 14.0. The first kappa shape index (κ1) is 28.8. The third-order valence-corrected chi connectivity index (χ3v) is 6.91. The summed E-state index contributed by atoms with van der Waals surface area (Å²) in [6, 6.07) is 19.6. The van der Waals surface area contributed by atoms with Crippen LogP contribution >= 0.6 is 0 Å². The molecule has 0 aliphatic carbocycles. The summed E-state index contributed by atoms with van der Waals surface area (Å²) < 4.78 is 53.5. The molecule has 2 amide bonds. The minimum absolute atomic E-state index is 0.0259. The third-order valence-electron chi connectivity index (χ3n) is 5.77. The molecule has 0 heterocycles. The van der Waals surface area contributed by atoms with Gasteiger partial charge in [0.2, 0.25) is 21.8 Å². The van der Waals surface area contributed by atoms with Crippen molar-refractivity contribution in [1.82, 2.24) is 10.2 Å². The lowest BCUT2D eigenvalue weighted by atomic mass is 10.0. The molecular weight excluding hydrogens is 512 g/mol. The first-order chi connectivity index (χ1) is 18.0. The fourth-order valence-electron chi connectivity index (χ4n) is 3.97. The van der Waals surface area contributed by atoms with Gasteiger partial charge in [-0.3, -0.25) is 13.9 Å². The van der Waals surface area contributed by atoms with Crippen LogP contribution in [-0.4, -0.2) is 50.0 Å². The lowest BCUT2D eigenvalue weighted by molar-refractivity contribution is -0.140. The van der Waals surface area contributed by atoms with Gasteiger partial charge in [0.15, 0.2) is 11.6 Å². The second kappa shape index (κ2) is 12.6. The first-order valence-electron chi connectivity index (χ1n) is 12.1. The zero-order chi connectivity index (χ0) is 27.9. The number of carbonyl (C=O) groups is 2. The number of carbonyl (C=O) groups excluding carboxylic acids is 2. The number of hydrogen-bond acceptors (Lipinski definition) is 4. The Morgan fingerprint density at radius 1 is 0.868 bits per heavy atom. The summed E-state index contributed by atoms with van der Waals surface area (Å²) in [6.07, 6.45) is 1.05. The number of rotatable bonds is 11. The van der Waals surface area contributed by atoms with Crippen LogP contribution in [0, 0.1) is 11.6 Å². The van der Waals surface area contributed by atoms with Crippen LogP contribution in [0.15, 0.2) is 78.9 Å². The minimum atomic E-state index is -4.08. The SMILES string of the molecule is CC(C)NC(=O)[C@@H](Cc1ccccc1)N(Cc1ccccc1)C(=O)CN(c1ccc(F)c(F)c1)S(C)(=O)=O. The molecule has 1 atom stereocenters. The van der Waals surface area contributed by atoms with Gasteiger partial charge in [-0.2, -0.15) is 0 Å². The Morgan fingerprint density at radius 3 is 1.97 bits per heavy atom. The van der Waals surface area contributed by atoms with Crippen LogP contribution in [0.3, 0.4) is 0 Å². The molecule has 0 fully saturated rings. The average molecular weight is 544 g/mol. The van der Waals surface area contributed by atoms with E-state index in [9.17, 15) is 26.8 Å². The van der Waals surface area contributed by atoms with Crippen LogP contribution < -0.4 is 9.62 Å². The van der Waals surface area contributed by atoms with Crippen LogP contribution in [0.4, 0.5) is 14.5 Å².